The molecule has 114 heavy (non-hydrogen) atoms. The number of benzene rings is 1. The number of esters is 1. The van der Waals surface area contributed by atoms with Crippen LogP contribution in [0.2, 0.25) is 0 Å². The van der Waals surface area contributed by atoms with Gasteiger partial charge in [0, 0.05) is 102 Å². The van der Waals surface area contributed by atoms with Gasteiger partial charge in [0.15, 0.2) is 5.79 Å². The van der Waals surface area contributed by atoms with Crippen LogP contribution >= 0.6 is 21.6 Å². The maximum atomic E-state index is 14.6. The zero-order valence-electron chi connectivity index (χ0n) is 66.8. The van der Waals surface area contributed by atoms with Crippen LogP contribution in [0, 0.1) is 11.8 Å². The lowest BCUT2D eigenvalue weighted by Gasteiger charge is -2.47. The van der Waals surface area contributed by atoms with Gasteiger partial charge in [-0.05, 0) is 106 Å². The fourth-order valence-electron chi connectivity index (χ4n) is 16.5. The fraction of sp³-hybridized carbons (Fsp3) is 0.753. The van der Waals surface area contributed by atoms with E-state index in [0.29, 0.717) is 148 Å². The Morgan fingerprint density at radius 1 is 0.711 bits per heavy atom. The van der Waals surface area contributed by atoms with Gasteiger partial charge in [-0.3, -0.25) is 33.8 Å². The fourth-order valence-corrected chi connectivity index (χ4v) is 18.5. The molecule has 0 saturated carbocycles. The Morgan fingerprint density at radius 3 is 2.12 bits per heavy atom. The first-order valence-electron chi connectivity index (χ1n) is 40.6. The van der Waals surface area contributed by atoms with Crippen molar-refractivity contribution >= 4 is 62.8 Å². The van der Waals surface area contributed by atoms with Crippen molar-refractivity contribution in [1.29, 1.82) is 0 Å². The average molecular weight is 1640 g/mol. The minimum atomic E-state index is -1.02. The number of anilines is 1. The summed E-state index contributed by atoms with van der Waals surface area (Å²) in [4.78, 5) is 79.4. The number of rotatable bonds is 42. The predicted octanol–water partition coefficient (Wildman–Crippen LogP) is 7.06. The molecule has 1 aromatic heterocycles. The van der Waals surface area contributed by atoms with Crippen LogP contribution in [-0.2, 0) is 124 Å². The third-order valence-electron chi connectivity index (χ3n) is 22.4. The second-order valence-electron chi connectivity index (χ2n) is 31.5. The van der Waals surface area contributed by atoms with Gasteiger partial charge < -0.3 is 96.1 Å². The van der Waals surface area contributed by atoms with Crippen molar-refractivity contribution in [2.24, 2.45) is 11.8 Å². The van der Waals surface area contributed by atoms with Crippen molar-refractivity contribution in [2.45, 2.75) is 252 Å². The summed E-state index contributed by atoms with van der Waals surface area (Å²) in [6, 6.07) is 7.10. The Hall–Kier alpha value is -5.38. The Kier molecular flexibility index (Phi) is 35.0. The highest BCUT2D eigenvalue weighted by Gasteiger charge is 2.60. The molecule has 2 aromatic rings. The standard InChI is InChI=1S/C81H120N6O25S2/c1-52-40-60-13-15-65-53(2)41-62(106-65)20-22-81-47-64(90)77(112-81)70-46-71(111-81)78-66(109-70)16-14-61(108-78)42-59(89)43-63-68(45-67(107-60)54(52)3)110-69(76(63)96-6)44-58(88)12-19-75(94)104-49-55-8-10-57(11-9-55)86(79(95)105-51-80(4,5)114-113-7)26-29-99-32-35-101-34-31-98-28-25-85-48-56(83-84-85)50-103-39-38-102-37-36-100-33-30-97-27-23-82-72(91)21-24-87-73(92)17-18-74(87)93/h8-11,17-18,48,52,58,60-71,76-78,88,90H,2-3,12-16,19-47,49-51H2,1,4-7H3,(H,82,91)/t52-,58-,60+,61-,62+,63+,64-,65+,66+,67-,68+,69-,70-,71-,76-,77+,78+,81-/m1/s1. The van der Waals surface area contributed by atoms with Gasteiger partial charge in [0.1, 0.15) is 36.9 Å². The van der Waals surface area contributed by atoms with Crippen molar-refractivity contribution in [1.82, 2.24) is 25.2 Å². The molecule has 0 aliphatic carbocycles. The smallest absolute Gasteiger partial charge is 0.414 e. The van der Waals surface area contributed by atoms with Crippen LogP contribution in [-0.4, -0.2) is 293 Å². The number of fused-ring (bicyclic) bond motifs is 9. The maximum absolute atomic E-state index is 14.6. The molecule has 10 bridgehead atoms. The van der Waals surface area contributed by atoms with Crippen LogP contribution in [0.1, 0.15) is 141 Å². The first-order chi connectivity index (χ1) is 55.1. The number of carbonyl (C=O) groups is 6. The number of ketones is 1. The van der Waals surface area contributed by atoms with Crippen LogP contribution < -0.4 is 10.2 Å². The molecule has 10 heterocycles. The second-order valence-corrected chi connectivity index (χ2v) is 34.7. The molecule has 11 rings (SSSR count). The summed E-state index contributed by atoms with van der Waals surface area (Å²) in [6.45, 7) is 21.0. The Bertz CT molecular complexity index is 3450. The van der Waals surface area contributed by atoms with Gasteiger partial charge in [-0.1, -0.05) is 59.0 Å². The number of Topliss-reactive ketones (excluding diaryl/α,β-unsaturated/α-hetero) is 1. The molecule has 8 saturated heterocycles. The molecule has 0 radical (unpaired) electrons. The van der Waals surface area contributed by atoms with Crippen molar-refractivity contribution < 1.29 is 120 Å². The summed E-state index contributed by atoms with van der Waals surface area (Å²) < 4.78 is 106. The minimum absolute atomic E-state index is 0.0136. The Labute approximate surface area is 676 Å². The van der Waals surface area contributed by atoms with Crippen LogP contribution in [0.4, 0.5) is 10.5 Å². The Balaban J connectivity index is 0.568. The number of amides is 4. The number of hydrogen-bond donors (Lipinski definition) is 3. The lowest BCUT2D eigenvalue weighted by atomic mass is 9.81. The van der Waals surface area contributed by atoms with E-state index in [0.717, 1.165) is 41.7 Å². The highest BCUT2D eigenvalue weighted by Crippen LogP contribution is 2.50. The summed E-state index contributed by atoms with van der Waals surface area (Å²) >= 11 is 0. The van der Waals surface area contributed by atoms with E-state index in [4.69, 9.17) is 80.5 Å². The molecule has 18 atom stereocenters. The molecular weight excluding hydrogens is 1520 g/mol. The molecule has 1 aromatic carbocycles. The second kappa shape index (κ2) is 44.6. The summed E-state index contributed by atoms with van der Waals surface area (Å²) in [5.74, 6) is -2.83. The van der Waals surface area contributed by atoms with Gasteiger partial charge in [-0.15, -0.1) is 5.10 Å². The number of methoxy groups -OCH3 is 1. The monoisotopic (exact) mass is 1640 g/mol. The van der Waals surface area contributed by atoms with E-state index < -0.39 is 72.4 Å². The van der Waals surface area contributed by atoms with E-state index in [-0.39, 0.29) is 162 Å². The zero-order chi connectivity index (χ0) is 80.6. The van der Waals surface area contributed by atoms with E-state index in [1.165, 1.54) is 17.1 Å². The quantitative estimate of drug-likeness (QED) is 0.0197. The highest BCUT2D eigenvalue weighted by atomic mass is 33.1. The molecule has 0 unspecified atom stereocenters. The largest absolute Gasteiger partial charge is 0.461 e. The first-order valence-corrected chi connectivity index (χ1v) is 43.2. The number of hydrogen-bond acceptors (Lipinski definition) is 29. The lowest BCUT2D eigenvalue weighted by Crippen LogP contribution is -2.58. The molecule has 31 nitrogen and oxygen atoms in total. The van der Waals surface area contributed by atoms with E-state index >= 15 is 0 Å². The van der Waals surface area contributed by atoms with Gasteiger partial charge in [0.2, 0.25) is 5.91 Å². The molecule has 9 aliphatic heterocycles. The van der Waals surface area contributed by atoms with Crippen LogP contribution in [0.25, 0.3) is 0 Å². The van der Waals surface area contributed by atoms with E-state index in [2.05, 4.69) is 35.7 Å². The summed E-state index contributed by atoms with van der Waals surface area (Å²) in [5, 5.41) is 34.0. The summed E-state index contributed by atoms with van der Waals surface area (Å²) in [6.07, 6.45) is 6.80. The van der Waals surface area contributed by atoms with Crippen LogP contribution in [0.3, 0.4) is 0 Å². The van der Waals surface area contributed by atoms with Gasteiger partial charge in [0.25, 0.3) is 11.8 Å². The van der Waals surface area contributed by atoms with Crippen molar-refractivity contribution in [3.05, 3.63) is 78.2 Å². The zero-order valence-corrected chi connectivity index (χ0v) is 68.4. The molecule has 4 amide bonds. The molecule has 33 heteroatoms. The number of aliphatic hydroxyl groups is 2. The summed E-state index contributed by atoms with van der Waals surface area (Å²) in [7, 11) is 4.82. The number of aromatic nitrogens is 3. The van der Waals surface area contributed by atoms with E-state index in [1.54, 1.807) is 63.8 Å². The van der Waals surface area contributed by atoms with Crippen molar-refractivity contribution in [3.63, 3.8) is 0 Å². The number of carbonyl (C=O) groups excluding carboxylic acids is 6. The molecular formula is C81H120N6O25S2. The third-order valence-corrected chi connectivity index (χ3v) is 25.0. The molecule has 636 valence electrons. The number of nitrogens with one attached hydrogen (secondary N) is 1. The van der Waals surface area contributed by atoms with Gasteiger partial charge in [-0.2, -0.15) is 0 Å². The minimum Gasteiger partial charge on any atom is -0.461 e. The van der Waals surface area contributed by atoms with E-state index in [9.17, 15) is 39.0 Å². The molecule has 3 N–H and O–H groups in total. The topological polar surface area (TPSA) is 349 Å². The number of ether oxygens (including phenoxy) is 17. The normalized spacial score (nSPS) is 30.0. The predicted molar refractivity (Wildman–Crippen MR) is 417 cm³/mol. The summed E-state index contributed by atoms with van der Waals surface area (Å²) in [5.41, 5.74) is 3.96. The number of nitrogens with zero attached hydrogens (tertiary/aromatic N) is 5. The number of imide groups is 1. The third kappa shape index (κ3) is 26.6. The highest BCUT2D eigenvalue weighted by molar-refractivity contribution is 8.77. The average Bonchev–Trinajstić information content (AvgIpc) is 1.58. The Morgan fingerprint density at radius 2 is 1.39 bits per heavy atom. The number of aliphatic hydroxyl groups excluding tert-OH is 2. The molecule has 8 fully saturated rings. The lowest BCUT2D eigenvalue weighted by molar-refractivity contribution is -0.277. The maximum Gasteiger partial charge on any atom is 0.414 e. The van der Waals surface area contributed by atoms with E-state index in [1.807, 2.05) is 20.1 Å². The van der Waals surface area contributed by atoms with Gasteiger partial charge in [-0.25, -0.2) is 9.48 Å². The molecule has 9 aliphatic rings. The molecule has 1 spiro atoms. The van der Waals surface area contributed by atoms with Gasteiger partial charge in [0.05, 0.1) is 196 Å². The van der Waals surface area contributed by atoms with Gasteiger partial charge >= 0.3 is 12.1 Å². The van der Waals surface area contributed by atoms with Crippen molar-refractivity contribution in [2.75, 3.05) is 130 Å². The van der Waals surface area contributed by atoms with Crippen molar-refractivity contribution in [3.8, 4) is 0 Å². The SMILES string of the molecule is C=C1C[C@@H]2CC[C@]34C[C@@H](O)[C@H](O3)[C@H]3C[C@@H](O4)[C@H]4O[C@H](CC[C@@H]4O3)CC(=O)C[C@@H]3[C@@H](OC)[C@@H](C[C@H](O)CCC(=O)OCc4ccc(N(CCOCCOCCOCCn5cc(COCCOCCOCCOCCNC(=O)CCN6C(=O)C=CC6=O)nn5)C(=O)OCC(C)(C)SSC)cc4)O[C@H]3C[C@H]3O[C@@H](CC[C@@H]1O2)C[C@@H](C)C3=C. The van der Waals surface area contributed by atoms with Crippen LogP contribution in [0.5, 0.6) is 0 Å². The van der Waals surface area contributed by atoms with Crippen LogP contribution in [0.15, 0.2) is 66.9 Å². The first kappa shape index (κ1) is 89.4.